The van der Waals surface area contributed by atoms with E-state index in [-0.39, 0.29) is 16.7 Å². The van der Waals surface area contributed by atoms with Crippen molar-refractivity contribution in [2.75, 3.05) is 20.2 Å². The molecular weight excluding hydrogens is 470 g/mol. The van der Waals surface area contributed by atoms with Crippen LogP contribution in [0, 0.1) is 18.8 Å². The normalized spacial score (nSPS) is 12.9. The summed E-state index contributed by atoms with van der Waals surface area (Å²) in [5.74, 6) is 0.703. The Morgan fingerprint density at radius 3 is 2.18 bits per heavy atom. The molecule has 0 aliphatic heterocycles. The fourth-order valence-electron chi connectivity index (χ4n) is 3.77. The van der Waals surface area contributed by atoms with Gasteiger partial charge in [-0.25, -0.2) is 8.42 Å². The van der Waals surface area contributed by atoms with Crippen LogP contribution < -0.4 is 9.54 Å². The molecule has 7 nitrogen and oxygen atoms in total. The second-order valence-electron chi connectivity index (χ2n) is 9.26. The number of fused-ring (bicyclic) bond motifs is 1. The standard InChI is InChI=1S/C25H33N3O4S2/c1-16(2)14-28(15-17(3)4)34(30,31)20-11-9-19(10-12-20)24(29)26-25-27(6)22-21(32-7)13-8-18(5)23(22)33-25/h8-13,16-17H,14-15H2,1-7H3. The molecule has 0 saturated heterocycles. The number of carbonyl (C=O) groups excluding carboxylic acids is 1. The first kappa shape index (κ1) is 26.1. The van der Waals surface area contributed by atoms with E-state index < -0.39 is 15.9 Å². The minimum Gasteiger partial charge on any atom is -0.495 e. The van der Waals surface area contributed by atoms with Gasteiger partial charge in [-0.1, -0.05) is 45.1 Å². The van der Waals surface area contributed by atoms with E-state index in [1.165, 1.54) is 39.9 Å². The molecule has 0 aliphatic carbocycles. The Labute approximate surface area is 205 Å². The van der Waals surface area contributed by atoms with Crippen LogP contribution >= 0.6 is 11.3 Å². The van der Waals surface area contributed by atoms with E-state index in [1.807, 2.05) is 58.4 Å². The van der Waals surface area contributed by atoms with Gasteiger partial charge in [-0.15, -0.1) is 0 Å². The highest BCUT2D eigenvalue weighted by molar-refractivity contribution is 7.89. The lowest BCUT2D eigenvalue weighted by molar-refractivity contribution is 0.0998. The zero-order valence-electron chi connectivity index (χ0n) is 20.8. The summed E-state index contributed by atoms with van der Waals surface area (Å²) in [5, 5.41) is 0. The third-order valence-electron chi connectivity index (χ3n) is 5.40. The first-order valence-electron chi connectivity index (χ1n) is 11.3. The molecule has 1 amide bonds. The number of ether oxygens (including phenoxy) is 1. The van der Waals surface area contributed by atoms with Gasteiger partial charge in [0.2, 0.25) is 10.0 Å². The average Bonchev–Trinajstić information content (AvgIpc) is 3.10. The Balaban J connectivity index is 1.95. The molecule has 0 saturated carbocycles. The molecule has 0 N–H and O–H groups in total. The third-order valence-corrected chi connectivity index (χ3v) is 8.51. The average molecular weight is 504 g/mol. The number of aryl methyl sites for hydroxylation is 2. The zero-order chi connectivity index (χ0) is 25.2. The van der Waals surface area contributed by atoms with E-state index >= 15 is 0 Å². The Morgan fingerprint density at radius 2 is 1.65 bits per heavy atom. The first-order valence-corrected chi connectivity index (χ1v) is 13.5. The molecule has 0 unspecified atom stereocenters. The number of aromatic nitrogens is 1. The number of rotatable bonds is 8. The van der Waals surface area contributed by atoms with Gasteiger partial charge in [0, 0.05) is 25.7 Å². The first-order chi connectivity index (χ1) is 15.9. The van der Waals surface area contributed by atoms with E-state index in [2.05, 4.69) is 4.99 Å². The largest absolute Gasteiger partial charge is 0.495 e. The van der Waals surface area contributed by atoms with Gasteiger partial charge in [0.25, 0.3) is 5.91 Å². The number of carbonyl (C=O) groups is 1. The van der Waals surface area contributed by atoms with Crippen LogP contribution in [0.4, 0.5) is 0 Å². The summed E-state index contributed by atoms with van der Waals surface area (Å²) in [6.45, 7) is 10.9. The molecule has 1 heterocycles. The van der Waals surface area contributed by atoms with Gasteiger partial charge in [0.1, 0.15) is 11.3 Å². The molecule has 184 valence electrons. The van der Waals surface area contributed by atoms with Crippen molar-refractivity contribution in [2.24, 2.45) is 23.9 Å². The molecule has 9 heteroatoms. The molecule has 1 aromatic heterocycles. The molecular formula is C25H33N3O4S2. The van der Waals surface area contributed by atoms with E-state index in [9.17, 15) is 13.2 Å². The van der Waals surface area contributed by atoms with Crippen molar-refractivity contribution in [3.8, 4) is 5.75 Å². The molecule has 0 atom stereocenters. The van der Waals surface area contributed by atoms with Gasteiger partial charge < -0.3 is 9.30 Å². The lowest BCUT2D eigenvalue weighted by atomic mass is 10.2. The van der Waals surface area contributed by atoms with Crippen LogP contribution in [0.25, 0.3) is 10.2 Å². The van der Waals surface area contributed by atoms with Crippen LogP contribution in [-0.4, -0.2) is 43.4 Å². The zero-order valence-corrected chi connectivity index (χ0v) is 22.5. The number of hydrogen-bond donors (Lipinski definition) is 0. The van der Waals surface area contributed by atoms with Gasteiger partial charge in [-0.05, 0) is 54.7 Å². The summed E-state index contributed by atoms with van der Waals surface area (Å²) in [6.07, 6.45) is 0. The van der Waals surface area contributed by atoms with Gasteiger partial charge in [0.05, 0.1) is 16.7 Å². The second kappa shape index (κ2) is 10.4. The lowest BCUT2D eigenvalue weighted by Gasteiger charge is -2.25. The summed E-state index contributed by atoms with van der Waals surface area (Å²) in [7, 11) is -0.192. The highest BCUT2D eigenvalue weighted by Crippen LogP contribution is 2.29. The van der Waals surface area contributed by atoms with Crippen LogP contribution in [0.15, 0.2) is 46.3 Å². The van der Waals surface area contributed by atoms with E-state index in [0.717, 1.165) is 21.5 Å². The SMILES string of the molecule is COc1ccc(C)c2sc(=NC(=O)c3ccc(S(=O)(=O)N(CC(C)C)CC(C)C)cc3)n(C)c12. The van der Waals surface area contributed by atoms with Gasteiger partial charge >= 0.3 is 0 Å². The summed E-state index contributed by atoms with van der Waals surface area (Å²) in [4.78, 5) is 17.9. The summed E-state index contributed by atoms with van der Waals surface area (Å²) in [6, 6.07) is 9.91. The van der Waals surface area contributed by atoms with E-state index in [0.29, 0.717) is 23.5 Å². The van der Waals surface area contributed by atoms with Gasteiger partial charge in [-0.2, -0.15) is 9.30 Å². The minimum absolute atomic E-state index is 0.179. The molecule has 2 aromatic carbocycles. The summed E-state index contributed by atoms with van der Waals surface area (Å²) < 4.78 is 36.3. The predicted molar refractivity (Wildman–Crippen MR) is 137 cm³/mol. The minimum atomic E-state index is -3.65. The van der Waals surface area contributed by atoms with Crippen LogP contribution in [0.1, 0.15) is 43.6 Å². The number of sulfonamides is 1. The Bertz CT molecular complexity index is 1340. The highest BCUT2D eigenvalue weighted by Gasteiger charge is 2.26. The summed E-state index contributed by atoms with van der Waals surface area (Å²) >= 11 is 1.42. The monoisotopic (exact) mass is 503 g/mol. The maximum atomic E-state index is 13.2. The number of methoxy groups -OCH3 is 1. The number of amides is 1. The van der Waals surface area contributed by atoms with Crippen LogP contribution in [0.3, 0.4) is 0 Å². The van der Waals surface area contributed by atoms with Crippen LogP contribution in [0.2, 0.25) is 0 Å². The molecule has 3 aromatic rings. The van der Waals surface area contributed by atoms with Crippen LogP contribution in [0.5, 0.6) is 5.75 Å². The van der Waals surface area contributed by atoms with Crippen molar-refractivity contribution in [1.82, 2.24) is 8.87 Å². The second-order valence-corrected chi connectivity index (χ2v) is 12.2. The molecule has 0 spiro atoms. The number of benzene rings is 2. The number of hydrogen-bond acceptors (Lipinski definition) is 5. The van der Waals surface area contributed by atoms with Crippen LogP contribution in [-0.2, 0) is 17.1 Å². The molecule has 34 heavy (non-hydrogen) atoms. The van der Waals surface area contributed by atoms with E-state index in [1.54, 1.807) is 7.11 Å². The number of thiazole rings is 1. The highest BCUT2D eigenvalue weighted by atomic mass is 32.2. The fraction of sp³-hybridized carbons (Fsp3) is 0.440. The topological polar surface area (TPSA) is 81.0 Å². The van der Waals surface area contributed by atoms with Crippen molar-refractivity contribution in [2.45, 2.75) is 39.5 Å². The fourth-order valence-corrected chi connectivity index (χ4v) is 6.64. The van der Waals surface area contributed by atoms with E-state index in [4.69, 9.17) is 4.74 Å². The van der Waals surface area contributed by atoms with Crippen molar-refractivity contribution < 1.29 is 17.9 Å². The molecule has 0 radical (unpaired) electrons. The summed E-state index contributed by atoms with van der Waals surface area (Å²) in [5.41, 5.74) is 2.29. The third kappa shape index (κ3) is 5.42. The Hall–Kier alpha value is -2.49. The molecule has 3 rings (SSSR count). The van der Waals surface area contributed by atoms with Crippen molar-refractivity contribution in [3.05, 3.63) is 52.3 Å². The lowest BCUT2D eigenvalue weighted by Crippen LogP contribution is -2.37. The van der Waals surface area contributed by atoms with Crippen molar-refractivity contribution in [3.63, 3.8) is 0 Å². The molecule has 0 aliphatic rings. The quantitative estimate of drug-likeness (QED) is 0.450. The number of nitrogens with zero attached hydrogens (tertiary/aromatic N) is 3. The predicted octanol–water partition coefficient (Wildman–Crippen LogP) is 4.60. The van der Waals surface area contributed by atoms with Crippen molar-refractivity contribution in [1.29, 1.82) is 0 Å². The van der Waals surface area contributed by atoms with Crippen molar-refractivity contribution >= 4 is 37.5 Å². The smallest absolute Gasteiger partial charge is 0.279 e. The molecule has 0 fully saturated rings. The van der Waals surface area contributed by atoms with Gasteiger partial charge in [-0.3, -0.25) is 4.79 Å². The Kier molecular flexibility index (Phi) is 8.00. The maximum Gasteiger partial charge on any atom is 0.279 e. The maximum absolute atomic E-state index is 13.2. The Morgan fingerprint density at radius 1 is 1.06 bits per heavy atom. The molecule has 0 bridgehead atoms. The van der Waals surface area contributed by atoms with Gasteiger partial charge in [0.15, 0.2) is 4.80 Å².